The molecule has 6 nitrogen and oxygen atoms in total. The van der Waals surface area contributed by atoms with Crippen molar-refractivity contribution in [3.05, 3.63) is 81.3 Å². The summed E-state index contributed by atoms with van der Waals surface area (Å²) in [5, 5.41) is 7.38. The largest absolute Gasteiger partial charge is 0.354 e. The number of hydrogen-bond donors (Lipinski definition) is 1. The van der Waals surface area contributed by atoms with Gasteiger partial charge in [-0.15, -0.1) is 5.10 Å². The maximum absolute atomic E-state index is 13.6. The van der Waals surface area contributed by atoms with Gasteiger partial charge in [-0.3, -0.25) is 9.59 Å². The van der Waals surface area contributed by atoms with E-state index in [9.17, 15) is 14.0 Å². The molecule has 1 saturated heterocycles. The Bertz CT molecular complexity index is 1120. The Kier molecular flexibility index (Phi) is 5.94. The number of nitrogens with one attached hydrogen (secondary N) is 1. The van der Waals surface area contributed by atoms with Crippen LogP contribution in [0.15, 0.2) is 69.9 Å². The summed E-state index contributed by atoms with van der Waals surface area (Å²) in [6.07, 6.45) is 1.61. The molecule has 1 aromatic heterocycles. The smallest absolute Gasteiger partial charge is 0.271 e. The van der Waals surface area contributed by atoms with Crippen LogP contribution in [0.3, 0.4) is 0 Å². The van der Waals surface area contributed by atoms with Crippen LogP contribution in [0.2, 0.25) is 0 Å². The van der Waals surface area contributed by atoms with E-state index in [2.05, 4.69) is 26.3 Å². The number of piperidine rings is 1. The standard InChI is InChI=1S/C22H20BrFN4O2/c23-16-6-8-18(9-7-16)25-22(30)15-3-2-12-27(14-15)20-10-11-21(29)28(26-20)19-5-1-4-17(24)13-19/h1,4-11,13,15H,2-3,12,14H2,(H,25,30). The number of nitrogens with zero attached hydrogens (tertiary/aromatic N) is 3. The fourth-order valence-electron chi connectivity index (χ4n) is 3.54. The first-order chi connectivity index (χ1) is 14.5. The van der Waals surface area contributed by atoms with Gasteiger partial charge in [-0.05, 0) is 61.4 Å². The van der Waals surface area contributed by atoms with E-state index in [0.717, 1.165) is 29.5 Å². The van der Waals surface area contributed by atoms with Crippen molar-refractivity contribution in [3.8, 4) is 5.69 Å². The summed E-state index contributed by atoms with van der Waals surface area (Å²) in [5.74, 6) is -0.0894. The molecule has 1 fully saturated rings. The van der Waals surface area contributed by atoms with Gasteiger partial charge in [0.15, 0.2) is 0 Å². The molecular formula is C22H20BrFN4O2. The molecule has 0 radical (unpaired) electrons. The Labute approximate surface area is 181 Å². The van der Waals surface area contributed by atoms with Gasteiger partial charge in [0.1, 0.15) is 11.6 Å². The summed E-state index contributed by atoms with van der Waals surface area (Å²) < 4.78 is 15.7. The van der Waals surface area contributed by atoms with Crippen molar-refractivity contribution in [2.24, 2.45) is 5.92 Å². The van der Waals surface area contributed by atoms with E-state index in [1.807, 2.05) is 29.2 Å². The zero-order valence-electron chi connectivity index (χ0n) is 16.1. The molecule has 4 rings (SSSR count). The van der Waals surface area contributed by atoms with Crippen LogP contribution in [0.25, 0.3) is 5.69 Å². The summed E-state index contributed by atoms with van der Waals surface area (Å²) in [7, 11) is 0. The first-order valence-electron chi connectivity index (χ1n) is 9.67. The van der Waals surface area contributed by atoms with E-state index in [0.29, 0.717) is 18.1 Å². The minimum Gasteiger partial charge on any atom is -0.354 e. The van der Waals surface area contributed by atoms with E-state index in [1.165, 1.54) is 28.9 Å². The summed E-state index contributed by atoms with van der Waals surface area (Å²) in [6.45, 7) is 1.23. The van der Waals surface area contributed by atoms with Gasteiger partial charge in [0.25, 0.3) is 5.56 Å². The number of hydrogen-bond acceptors (Lipinski definition) is 4. The van der Waals surface area contributed by atoms with Gasteiger partial charge in [0.05, 0.1) is 11.6 Å². The Morgan fingerprint density at radius 3 is 2.70 bits per heavy atom. The van der Waals surface area contributed by atoms with E-state index in [4.69, 9.17) is 0 Å². The molecule has 1 unspecified atom stereocenters. The van der Waals surface area contributed by atoms with Crippen LogP contribution in [0, 0.1) is 11.7 Å². The SMILES string of the molecule is O=C(Nc1ccc(Br)cc1)C1CCCN(c2ccc(=O)n(-c3cccc(F)c3)n2)C1. The van der Waals surface area contributed by atoms with Crippen molar-refractivity contribution in [1.29, 1.82) is 0 Å². The zero-order valence-corrected chi connectivity index (χ0v) is 17.7. The van der Waals surface area contributed by atoms with Gasteiger partial charge in [0, 0.05) is 29.3 Å². The Balaban J connectivity index is 1.52. The summed E-state index contributed by atoms with van der Waals surface area (Å²) >= 11 is 3.38. The van der Waals surface area contributed by atoms with Crippen LogP contribution in [0.1, 0.15) is 12.8 Å². The van der Waals surface area contributed by atoms with Crippen LogP contribution in [-0.2, 0) is 4.79 Å². The molecule has 0 bridgehead atoms. The first-order valence-corrected chi connectivity index (χ1v) is 10.5. The highest BCUT2D eigenvalue weighted by molar-refractivity contribution is 9.10. The van der Waals surface area contributed by atoms with E-state index < -0.39 is 5.82 Å². The fraction of sp³-hybridized carbons (Fsp3) is 0.227. The lowest BCUT2D eigenvalue weighted by Gasteiger charge is -2.32. The summed E-state index contributed by atoms with van der Waals surface area (Å²) in [6, 6.07) is 16.3. The number of carbonyl (C=O) groups excluding carboxylic acids is 1. The molecule has 1 aliphatic heterocycles. The highest BCUT2D eigenvalue weighted by Gasteiger charge is 2.27. The molecule has 2 heterocycles. The monoisotopic (exact) mass is 470 g/mol. The maximum Gasteiger partial charge on any atom is 0.271 e. The molecule has 3 aromatic rings. The Morgan fingerprint density at radius 2 is 1.93 bits per heavy atom. The zero-order chi connectivity index (χ0) is 21.1. The first kappa shape index (κ1) is 20.3. The average Bonchev–Trinajstić information content (AvgIpc) is 2.76. The van der Waals surface area contributed by atoms with Gasteiger partial charge >= 0.3 is 0 Å². The summed E-state index contributed by atoms with van der Waals surface area (Å²) in [5.41, 5.74) is 0.771. The molecule has 0 aliphatic carbocycles. The van der Waals surface area contributed by atoms with Crippen molar-refractivity contribution in [2.45, 2.75) is 12.8 Å². The lowest BCUT2D eigenvalue weighted by atomic mass is 9.97. The highest BCUT2D eigenvalue weighted by atomic mass is 79.9. The van der Waals surface area contributed by atoms with Gasteiger partial charge in [-0.1, -0.05) is 22.0 Å². The molecule has 1 N–H and O–H groups in total. The van der Waals surface area contributed by atoms with E-state index in [-0.39, 0.29) is 17.4 Å². The van der Waals surface area contributed by atoms with Crippen LogP contribution in [0.5, 0.6) is 0 Å². The van der Waals surface area contributed by atoms with Gasteiger partial charge in [-0.25, -0.2) is 4.39 Å². The molecule has 8 heteroatoms. The van der Waals surface area contributed by atoms with Gasteiger partial charge < -0.3 is 10.2 Å². The fourth-order valence-corrected chi connectivity index (χ4v) is 3.80. The third kappa shape index (κ3) is 4.59. The number of anilines is 2. The second-order valence-electron chi connectivity index (χ2n) is 7.20. The number of carbonyl (C=O) groups is 1. The quantitative estimate of drug-likeness (QED) is 0.625. The molecule has 1 amide bonds. The van der Waals surface area contributed by atoms with E-state index >= 15 is 0 Å². The van der Waals surface area contributed by atoms with E-state index in [1.54, 1.807) is 12.1 Å². The normalized spacial score (nSPS) is 16.3. The summed E-state index contributed by atoms with van der Waals surface area (Å²) in [4.78, 5) is 27.0. The molecule has 2 aromatic carbocycles. The van der Waals surface area contributed by atoms with Crippen molar-refractivity contribution < 1.29 is 9.18 Å². The molecule has 1 aliphatic rings. The molecule has 154 valence electrons. The minimum absolute atomic E-state index is 0.0412. The molecular weight excluding hydrogens is 451 g/mol. The molecule has 0 spiro atoms. The maximum atomic E-state index is 13.6. The van der Waals surface area contributed by atoms with Gasteiger partial charge in [-0.2, -0.15) is 4.68 Å². The topological polar surface area (TPSA) is 67.2 Å². The van der Waals surface area contributed by atoms with Crippen molar-refractivity contribution in [2.75, 3.05) is 23.3 Å². The molecule has 30 heavy (non-hydrogen) atoms. The minimum atomic E-state index is -0.436. The highest BCUT2D eigenvalue weighted by Crippen LogP contribution is 2.23. The second-order valence-corrected chi connectivity index (χ2v) is 8.12. The predicted molar refractivity (Wildman–Crippen MR) is 118 cm³/mol. The second kappa shape index (κ2) is 8.79. The van der Waals surface area contributed by atoms with Crippen LogP contribution < -0.4 is 15.8 Å². The number of rotatable bonds is 4. The van der Waals surface area contributed by atoms with Crippen molar-refractivity contribution >= 4 is 33.3 Å². The van der Waals surface area contributed by atoms with Crippen LogP contribution >= 0.6 is 15.9 Å². The average molecular weight is 471 g/mol. The van der Waals surface area contributed by atoms with Crippen molar-refractivity contribution in [3.63, 3.8) is 0 Å². The molecule has 0 saturated carbocycles. The number of halogens is 2. The van der Waals surface area contributed by atoms with Gasteiger partial charge in [0.2, 0.25) is 5.91 Å². The Morgan fingerprint density at radius 1 is 1.13 bits per heavy atom. The third-order valence-corrected chi connectivity index (χ3v) is 5.60. The van der Waals surface area contributed by atoms with Crippen molar-refractivity contribution in [1.82, 2.24) is 9.78 Å². The predicted octanol–water partition coefficient (Wildman–Crippen LogP) is 3.99. The third-order valence-electron chi connectivity index (χ3n) is 5.07. The number of aromatic nitrogens is 2. The molecule has 1 atom stereocenters. The number of amides is 1. The lowest BCUT2D eigenvalue weighted by molar-refractivity contribution is -0.120. The number of benzene rings is 2. The Hall–Kier alpha value is -3.00. The lowest BCUT2D eigenvalue weighted by Crippen LogP contribution is -2.41. The van der Waals surface area contributed by atoms with Crippen LogP contribution in [0.4, 0.5) is 15.9 Å². The van der Waals surface area contributed by atoms with Crippen LogP contribution in [-0.4, -0.2) is 28.8 Å².